The van der Waals surface area contributed by atoms with Crippen molar-refractivity contribution >= 4 is 0 Å². The highest BCUT2D eigenvalue weighted by Crippen LogP contribution is 2.48. The van der Waals surface area contributed by atoms with Crippen molar-refractivity contribution in [2.75, 3.05) is 13.2 Å². The summed E-state index contributed by atoms with van der Waals surface area (Å²) in [6.07, 6.45) is 5.79. The van der Waals surface area contributed by atoms with E-state index in [1.165, 1.54) is 31.2 Å². The van der Waals surface area contributed by atoms with Crippen LogP contribution in [0.1, 0.15) is 44.2 Å². The SMILES string of the molecule is CC(NCC(C1CC1)C1CC1)c1ccc(OCC#N)cc1. The molecule has 0 bridgehead atoms. The Morgan fingerprint density at radius 2 is 1.81 bits per heavy atom. The van der Waals surface area contributed by atoms with Gasteiger partial charge in [-0.25, -0.2) is 0 Å². The molecule has 1 aromatic carbocycles. The molecular weight excluding hydrogens is 260 g/mol. The van der Waals surface area contributed by atoms with E-state index in [2.05, 4.69) is 24.4 Å². The van der Waals surface area contributed by atoms with Crippen molar-refractivity contribution in [1.82, 2.24) is 5.32 Å². The molecule has 2 aliphatic carbocycles. The monoisotopic (exact) mass is 284 g/mol. The van der Waals surface area contributed by atoms with Gasteiger partial charge in [0.15, 0.2) is 6.61 Å². The minimum atomic E-state index is 0.109. The molecule has 2 saturated carbocycles. The van der Waals surface area contributed by atoms with Crippen LogP contribution < -0.4 is 10.1 Å². The summed E-state index contributed by atoms with van der Waals surface area (Å²) >= 11 is 0. The van der Waals surface area contributed by atoms with Crippen LogP contribution in [0.15, 0.2) is 24.3 Å². The molecule has 21 heavy (non-hydrogen) atoms. The van der Waals surface area contributed by atoms with Gasteiger partial charge in [0, 0.05) is 6.04 Å². The molecule has 2 fully saturated rings. The zero-order chi connectivity index (χ0) is 14.7. The van der Waals surface area contributed by atoms with Gasteiger partial charge in [-0.15, -0.1) is 0 Å². The maximum atomic E-state index is 8.51. The molecule has 1 atom stereocenters. The summed E-state index contributed by atoms with van der Waals surface area (Å²) in [5.41, 5.74) is 1.28. The van der Waals surface area contributed by atoms with E-state index in [4.69, 9.17) is 10.00 Å². The fourth-order valence-electron chi connectivity index (χ4n) is 3.17. The van der Waals surface area contributed by atoms with Crippen molar-refractivity contribution in [3.8, 4) is 11.8 Å². The zero-order valence-corrected chi connectivity index (χ0v) is 12.7. The van der Waals surface area contributed by atoms with Crippen LogP contribution in [0, 0.1) is 29.1 Å². The lowest BCUT2D eigenvalue weighted by Gasteiger charge is -2.21. The van der Waals surface area contributed by atoms with Crippen LogP contribution in [-0.2, 0) is 0 Å². The van der Waals surface area contributed by atoms with Crippen LogP contribution in [0.25, 0.3) is 0 Å². The molecule has 0 spiro atoms. The maximum Gasteiger partial charge on any atom is 0.174 e. The number of nitrogens with zero attached hydrogens (tertiary/aromatic N) is 1. The highest BCUT2D eigenvalue weighted by atomic mass is 16.5. The zero-order valence-electron chi connectivity index (χ0n) is 12.7. The average molecular weight is 284 g/mol. The number of nitrogens with one attached hydrogen (secondary N) is 1. The van der Waals surface area contributed by atoms with Crippen LogP contribution in [0.5, 0.6) is 5.75 Å². The molecule has 0 radical (unpaired) electrons. The number of hydrogen-bond donors (Lipinski definition) is 1. The Kier molecular flexibility index (Phi) is 4.45. The Balaban J connectivity index is 1.50. The van der Waals surface area contributed by atoms with Crippen LogP contribution in [-0.4, -0.2) is 13.2 Å². The molecule has 0 saturated heterocycles. The minimum Gasteiger partial charge on any atom is -0.479 e. The predicted octanol–water partition coefficient (Wildman–Crippen LogP) is 3.68. The lowest BCUT2D eigenvalue weighted by molar-refractivity contribution is 0.360. The fraction of sp³-hybridized carbons (Fsp3) is 0.611. The van der Waals surface area contributed by atoms with Crippen molar-refractivity contribution in [1.29, 1.82) is 5.26 Å². The van der Waals surface area contributed by atoms with Crippen LogP contribution in [0.3, 0.4) is 0 Å². The van der Waals surface area contributed by atoms with Crippen molar-refractivity contribution in [3.63, 3.8) is 0 Å². The van der Waals surface area contributed by atoms with Gasteiger partial charge in [0.25, 0.3) is 0 Å². The smallest absolute Gasteiger partial charge is 0.174 e. The van der Waals surface area contributed by atoms with Gasteiger partial charge in [0.2, 0.25) is 0 Å². The van der Waals surface area contributed by atoms with Crippen LogP contribution in [0.4, 0.5) is 0 Å². The summed E-state index contributed by atoms with van der Waals surface area (Å²) in [5.74, 6) is 3.67. The second kappa shape index (κ2) is 6.49. The van der Waals surface area contributed by atoms with Crippen molar-refractivity contribution in [2.45, 2.75) is 38.6 Å². The summed E-state index contributed by atoms with van der Waals surface area (Å²) in [6, 6.07) is 10.4. The van der Waals surface area contributed by atoms with E-state index in [1.54, 1.807) is 0 Å². The highest BCUT2D eigenvalue weighted by Gasteiger charge is 2.41. The van der Waals surface area contributed by atoms with Gasteiger partial charge in [-0.1, -0.05) is 12.1 Å². The summed E-state index contributed by atoms with van der Waals surface area (Å²) in [6.45, 7) is 3.49. The Bertz CT molecular complexity index is 485. The third-order valence-electron chi connectivity index (χ3n) is 4.80. The van der Waals surface area contributed by atoms with Crippen molar-refractivity contribution in [2.24, 2.45) is 17.8 Å². The van der Waals surface area contributed by atoms with Gasteiger partial charge < -0.3 is 10.1 Å². The van der Waals surface area contributed by atoms with E-state index in [-0.39, 0.29) is 6.61 Å². The van der Waals surface area contributed by atoms with E-state index >= 15 is 0 Å². The molecule has 0 heterocycles. The van der Waals surface area contributed by atoms with Crippen molar-refractivity contribution in [3.05, 3.63) is 29.8 Å². The summed E-state index contributed by atoms with van der Waals surface area (Å²) in [5, 5.41) is 12.2. The molecule has 3 heteroatoms. The molecule has 3 rings (SSSR count). The number of nitriles is 1. The summed E-state index contributed by atoms with van der Waals surface area (Å²) in [4.78, 5) is 0. The van der Waals surface area contributed by atoms with Crippen LogP contribution >= 0.6 is 0 Å². The molecule has 2 aliphatic rings. The lowest BCUT2D eigenvalue weighted by atomic mass is 9.97. The topological polar surface area (TPSA) is 45.0 Å². The molecule has 1 aromatic rings. The molecule has 1 unspecified atom stereocenters. The maximum absolute atomic E-state index is 8.51. The van der Waals surface area contributed by atoms with Gasteiger partial charge in [0.05, 0.1) is 0 Å². The third kappa shape index (κ3) is 3.98. The third-order valence-corrected chi connectivity index (χ3v) is 4.80. The largest absolute Gasteiger partial charge is 0.479 e. The molecule has 0 amide bonds. The summed E-state index contributed by atoms with van der Waals surface area (Å²) < 4.78 is 5.29. The molecule has 112 valence electrons. The van der Waals surface area contributed by atoms with Gasteiger partial charge >= 0.3 is 0 Å². The van der Waals surface area contributed by atoms with Gasteiger partial charge in [-0.2, -0.15) is 5.26 Å². The van der Waals surface area contributed by atoms with E-state index in [9.17, 15) is 0 Å². The highest BCUT2D eigenvalue weighted by molar-refractivity contribution is 5.29. The minimum absolute atomic E-state index is 0.109. The van der Waals surface area contributed by atoms with Crippen LogP contribution in [0.2, 0.25) is 0 Å². The molecule has 1 N–H and O–H groups in total. The van der Waals surface area contributed by atoms with E-state index < -0.39 is 0 Å². The van der Waals surface area contributed by atoms with E-state index in [1.807, 2.05) is 18.2 Å². The average Bonchev–Trinajstić information content (AvgIpc) is 3.38. The van der Waals surface area contributed by atoms with Gasteiger partial charge in [-0.3, -0.25) is 0 Å². The van der Waals surface area contributed by atoms with Gasteiger partial charge in [0.1, 0.15) is 11.8 Å². The standard InChI is InChI=1S/C18H24N2O/c1-13(14-6-8-17(9-7-14)21-11-10-19)20-12-18(15-2-3-15)16-4-5-16/h6-9,13,15-16,18,20H,2-5,11-12H2,1H3. The molecular formula is C18H24N2O. The van der Waals surface area contributed by atoms with E-state index in [0.717, 1.165) is 30.0 Å². The summed E-state index contributed by atoms with van der Waals surface area (Å²) in [7, 11) is 0. The Morgan fingerprint density at radius 3 is 2.33 bits per heavy atom. The Morgan fingerprint density at radius 1 is 1.19 bits per heavy atom. The first-order chi connectivity index (χ1) is 10.3. The molecule has 0 aromatic heterocycles. The predicted molar refractivity (Wildman–Crippen MR) is 82.9 cm³/mol. The number of ether oxygens (including phenoxy) is 1. The Hall–Kier alpha value is -1.53. The van der Waals surface area contributed by atoms with Crippen molar-refractivity contribution < 1.29 is 4.74 Å². The van der Waals surface area contributed by atoms with Gasteiger partial charge in [-0.05, 0) is 74.6 Å². The number of benzene rings is 1. The van der Waals surface area contributed by atoms with E-state index in [0.29, 0.717) is 6.04 Å². The molecule has 3 nitrogen and oxygen atoms in total. The number of rotatable bonds is 8. The normalized spacial score (nSPS) is 19.3. The quantitative estimate of drug-likeness (QED) is 0.792. The first-order valence-electron chi connectivity index (χ1n) is 8.11. The lowest BCUT2D eigenvalue weighted by Crippen LogP contribution is -2.28. The first-order valence-corrected chi connectivity index (χ1v) is 8.11. The second-order valence-electron chi connectivity index (χ2n) is 6.48. The first kappa shape index (κ1) is 14.4. The number of hydrogen-bond acceptors (Lipinski definition) is 3. The fourth-order valence-corrected chi connectivity index (χ4v) is 3.17. The molecule has 0 aliphatic heterocycles. The Labute approximate surface area is 127 Å². The second-order valence-corrected chi connectivity index (χ2v) is 6.48.